The van der Waals surface area contributed by atoms with Gasteiger partial charge in [-0.25, -0.2) is 4.79 Å². The Morgan fingerprint density at radius 1 is 1.10 bits per heavy atom. The number of aliphatic carboxylic acids is 1. The number of thiophene rings is 1. The number of hydrogen-bond donors (Lipinski definition) is 1. The summed E-state index contributed by atoms with van der Waals surface area (Å²) in [6.07, 6.45) is -0.0726. The van der Waals surface area contributed by atoms with Crippen LogP contribution < -0.4 is 0 Å². The summed E-state index contributed by atoms with van der Waals surface area (Å²) < 4.78 is 0. The Kier molecular flexibility index (Phi) is 4.88. The summed E-state index contributed by atoms with van der Waals surface area (Å²) in [4.78, 5) is 34.4. The van der Waals surface area contributed by atoms with Crippen molar-refractivity contribution in [1.29, 1.82) is 0 Å². The molecule has 1 heterocycles. The maximum atomic E-state index is 12.0. The van der Waals surface area contributed by atoms with Crippen LogP contribution in [0.4, 0.5) is 0 Å². The van der Waals surface area contributed by atoms with E-state index in [9.17, 15) is 14.4 Å². The second-order valence-corrected chi connectivity index (χ2v) is 5.83. The summed E-state index contributed by atoms with van der Waals surface area (Å²) >= 11 is 7.22. The Morgan fingerprint density at radius 2 is 1.76 bits per heavy atom. The number of ketones is 2. The molecule has 0 amide bonds. The number of benzene rings is 1. The van der Waals surface area contributed by atoms with Crippen molar-refractivity contribution in [1.82, 2.24) is 0 Å². The lowest BCUT2D eigenvalue weighted by atomic mass is 10.0. The van der Waals surface area contributed by atoms with Gasteiger partial charge >= 0.3 is 5.97 Å². The van der Waals surface area contributed by atoms with E-state index in [1.54, 1.807) is 23.6 Å². The summed E-state index contributed by atoms with van der Waals surface area (Å²) in [5.41, 5.74) is 1.39. The summed E-state index contributed by atoms with van der Waals surface area (Å²) in [5, 5.41) is 10.9. The van der Waals surface area contributed by atoms with Gasteiger partial charge in [-0.3, -0.25) is 9.59 Å². The lowest BCUT2D eigenvalue weighted by molar-refractivity contribution is -0.148. The molecule has 0 fully saturated rings. The maximum Gasteiger partial charge on any atom is 0.372 e. The molecule has 2 rings (SSSR count). The lowest BCUT2D eigenvalue weighted by Gasteiger charge is -2.03. The van der Waals surface area contributed by atoms with E-state index < -0.39 is 24.0 Å². The number of rotatable bonds is 6. The topological polar surface area (TPSA) is 71.4 Å². The third kappa shape index (κ3) is 4.00. The van der Waals surface area contributed by atoms with Crippen LogP contribution in [0.15, 0.2) is 35.7 Å². The highest BCUT2D eigenvalue weighted by atomic mass is 35.5. The van der Waals surface area contributed by atoms with Crippen molar-refractivity contribution < 1.29 is 19.5 Å². The second-order valence-electron chi connectivity index (χ2n) is 4.39. The van der Waals surface area contributed by atoms with E-state index in [4.69, 9.17) is 16.7 Å². The zero-order valence-corrected chi connectivity index (χ0v) is 12.4. The van der Waals surface area contributed by atoms with Gasteiger partial charge in [0.2, 0.25) is 5.78 Å². The second kappa shape index (κ2) is 6.65. The fourth-order valence-corrected chi connectivity index (χ4v) is 2.88. The van der Waals surface area contributed by atoms with Crippen LogP contribution in [0.3, 0.4) is 0 Å². The molecular weight excluding hydrogens is 312 g/mol. The van der Waals surface area contributed by atoms with Crippen LogP contribution in [0, 0.1) is 0 Å². The third-order valence-electron chi connectivity index (χ3n) is 2.88. The first-order valence-electron chi connectivity index (χ1n) is 6.07. The number of carboxylic acids is 1. The maximum absolute atomic E-state index is 12.0. The molecule has 0 aliphatic carbocycles. The molecular formula is C15H11ClO4S. The molecule has 1 aromatic heterocycles. The van der Waals surface area contributed by atoms with E-state index in [2.05, 4.69) is 0 Å². The van der Waals surface area contributed by atoms with Gasteiger partial charge in [0, 0.05) is 21.9 Å². The predicted octanol–water partition coefficient (Wildman–Crippen LogP) is 3.22. The molecule has 1 aromatic carbocycles. The molecule has 0 atom stereocenters. The van der Waals surface area contributed by atoms with Crippen molar-refractivity contribution in [3.05, 3.63) is 56.7 Å². The largest absolute Gasteiger partial charge is 0.475 e. The molecule has 0 bridgehead atoms. The summed E-state index contributed by atoms with van der Waals surface area (Å²) in [5.74, 6) is -3.14. The van der Waals surface area contributed by atoms with E-state index in [0.717, 1.165) is 10.4 Å². The van der Waals surface area contributed by atoms with Crippen molar-refractivity contribution in [3.63, 3.8) is 0 Å². The average molecular weight is 323 g/mol. The number of carboxylic acid groups (broad SMARTS) is 1. The van der Waals surface area contributed by atoms with Gasteiger partial charge in [0.05, 0.1) is 6.42 Å². The van der Waals surface area contributed by atoms with Crippen LogP contribution in [-0.2, 0) is 16.0 Å². The highest BCUT2D eigenvalue weighted by Gasteiger charge is 2.20. The van der Waals surface area contributed by atoms with Crippen molar-refractivity contribution in [2.75, 3.05) is 0 Å². The highest BCUT2D eigenvalue weighted by molar-refractivity contribution is 7.10. The first kappa shape index (κ1) is 15.4. The average Bonchev–Trinajstić information content (AvgIpc) is 2.89. The SMILES string of the molecule is O=C(O)C(=O)CC(=O)c1ccsc1Cc1ccc(Cl)cc1. The van der Waals surface area contributed by atoms with Gasteiger partial charge in [-0.2, -0.15) is 0 Å². The van der Waals surface area contributed by atoms with Gasteiger partial charge in [-0.1, -0.05) is 23.7 Å². The molecule has 0 saturated carbocycles. The fraction of sp³-hybridized carbons (Fsp3) is 0.133. The van der Waals surface area contributed by atoms with Crippen LogP contribution in [0.25, 0.3) is 0 Å². The number of hydrogen-bond acceptors (Lipinski definition) is 4. The van der Waals surface area contributed by atoms with E-state index in [0.29, 0.717) is 17.0 Å². The van der Waals surface area contributed by atoms with Crippen molar-refractivity contribution in [3.8, 4) is 0 Å². The monoisotopic (exact) mass is 322 g/mol. The number of carbonyl (C=O) groups is 3. The summed E-state index contributed by atoms with van der Waals surface area (Å²) in [6.45, 7) is 0. The molecule has 6 heteroatoms. The van der Waals surface area contributed by atoms with Gasteiger partial charge < -0.3 is 5.11 Å². The Morgan fingerprint density at radius 3 is 2.38 bits per heavy atom. The zero-order valence-electron chi connectivity index (χ0n) is 10.8. The standard InChI is InChI=1S/C15H11ClO4S/c16-10-3-1-9(2-4-10)7-14-11(5-6-21-14)12(17)8-13(18)15(19)20/h1-6H,7-8H2,(H,19,20). The first-order valence-corrected chi connectivity index (χ1v) is 7.33. The Labute approximate surface area is 130 Å². The van der Waals surface area contributed by atoms with Crippen molar-refractivity contribution in [2.24, 2.45) is 0 Å². The molecule has 1 N–H and O–H groups in total. The molecule has 0 aliphatic heterocycles. The minimum absolute atomic E-state index is 0.407. The Hall–Kier alpha value is -1.98. The third-order valence-corrected chi connectivity index (χ3v) is 4.06. The van der Waals surface area contributed by atoms with Crippen LogP contribution >= 0.6 is 22.9 Å². The van der Waals surface area contributed by atoms with Crippen molar-refractivity contribution in [2.45, 2.75) is 12.8 Å². The molecule has 0 spiro atoms. The molecule has 0 aliphatic rings. The molecule has 0 radical (unpaired) electrons. The van der Waals surface area contributed by atoms with E-state index >= 15 is 0 Å². The molecule has 108 valence electrons. The number of Topliss-reactive ketones (excluding diaryl/α,β-unsaturated/α-hetero) is 2. The fourth-order valence-electron chi connectivity index (χ4n) is 1.83. The van der Waals surface area contributed by atoms with Gasteiger partial charge in [-0.05, 0) is 29.1 Å². The number of halogens is 1. The van der Waals surface area contributed by atoms with Crippen LogP contribution in [0.2, 0.25) is 5.02 Å². The lowest BCUT2D eigenvalue weighted by Crippen LogP contribution is -2.17. The van der Waals surface area contributed by atoms with Crippen LogP contribution in [-0.4, -0.2) is 22.6 Å². The highest BCUT2D eigenvalue weighted by Crippen LogP contribution is 2.23. The van der Waals surface area contributed by atoms with Gasteiger partial charge in [0.25, 0.3) is 0 Å². The van der Waals surface area contributed by atoms with E-state index in [1.807, 2.05) is 12.1 Å². The minimum Gasteiger partial charge on any atom is -0.475 e. The van der Waals surface area contributed by atoms with E-state index in [-0.39, 0.29) is 0 Å². The Balaban J connectivity index is 2.14. The smallest absolute Gasteiger partial charge is 0.372 e. The molecule has 2 aromatic rings. The van der Waals surface area contributed by atoms with E-state index in [1.165, 1.54) is 11.3 Å². The molecule has 21 heavy (non-hydrogen) atoms. The van der Waals surface area contributed by atoms with Crippen molar-refractivity contribution >= 4 is 40.5 Å². The zero-order chi connectivity index (χ0) is 15.4. The van der Waals surface area contributed by atoms with Gasteiger partial charge in [0.1, 0.15) is 0 Å². The van der Waals surface area contributed by atoms with Crippen LogP contribution in [0.5, 0.6) is 0 Å². The van der Waals surface area contributed by atoms with Crippen LogP contribution in [0.1, 0.15) is 27.2 Å². The van der Waals surface area contributed by atoms with Gasteiger partial charge in [-0.15, -0.1) is 11.3 Å². The predicted molar refractivity (Wildman–Crippen MR) is 80.2 cm³/mol. The molecule has 0 saturated heterocycles. The Bertz CT molecular complexity index is 688. The minimum atomic E-state index is -1.59. The normalized spacial score (nSPS) is 10.3. The molecule has 0 unspecified atom stereocenters. The summed E-state index contributed by atoms with van der Waals surface area (Å²) in [6, 6.07) is 8.87. The van der Waals surface area contributed by atoms with Gasteiger partial charge in [0.15, 0.2) is 5.78 Å². The quantitative estimate of drug-likeness (QED) is 0.503. The first-order chi connectivity index (χ1) is 9.97. The summed E-state index contributed by atoms with van der Waals surface area (Å²) in [7, 11) is 0. The molecule has 4 nitrogen and oxygen atoms in total. The number of carbonyl (C=O) groups excluding carboxylic acids is 2.